The van der Waals surface area contributed by atoms with E-state index < -0.39 is 0 Å². The van der Waals surface area contributed by atoms with Crippen LogP contribution in [0.1, 0.15) is 25.7 Å². The average molecular weight is 300 g/mol. The maximum Gasteiger partial charge on any atom is 0.231 e. The van der Waals surface area contributed by atoms with Gasteiger partial charge in [-0.1, -0.05) is 0 Å². The third kappa shape index (κ3) is 3.42. The van der Waals surface area contributed by atoms with E-state index in [4.69, 9.17) is 11.6 Å². The van der Waals surface area contributed by atoms with E-state index in [0.29, 0.717) is 17.1 Å². The van der Waals surface area contributed by atoms with Crippen LogP contribution in [0.4, 0.5) is 11.9 Å². The number of thioether (sulfide) groups is 1. The lowest BCUT2D eigenvalue weighted by molar-refractivity contribution is 0.797. The predicted molar refractivity (Wildman–Crippen MR) is 80.3 cm³/mol. The SMILES string of the molecule is Clc1nc(NCC2CCCS2)nc(N2CCCC2)n1. The van der Waals surface area contributed by atoms with Crippen LogP contribution in [0.15, 0.2) is 0 Å². The van der Waals surface area contributed by atoms with Crippen LogP contribution in [0.3, 0.4) is 0 Å². The molecule has 19 heavy (non-hydrogen) atoms. The standard InChI is InChI=1S/C12H18ClN5S/c13-10-15-11(14-8-9-4-3-7-19-9)17-12(16-10)18-5-1-2-6-18/h9H,1-8H2,(H,14,15,16,17). The van der Waals surface area contributed by atoms with E-state index in [2.05, 4.69) is 25.2 Å². The highest BCUT2D eigenvalue weighted by Gasteiger charge is 2.18. The molecule has 3 heterocycles. The maximum absolute atomic E-state index is 5.99. The molecule has 0 spiro atoms. The van der Waals surface area contributed by atoms with Gasteiger partial charge in [0.1, 0.15) is 0 Å². The lowest BCUT2D eigenvalue weighted by Crippen LogP contribution is -2.22. The Morgan fingerprint density at radius 1 is 1.21 bits per heavy atom. The van der Waals surface area contributed by atoms with Crippen LogP contribution in [0.2, 0.25) is 5.28 Å². The van der Waals surface area contributed by atoms with E-state index in [9.17, 15) is 0 Å². The van der Waals surface area contributed by atoms with Gasteiger partial charge in [-0.25, -0.2) is 0 Å². The molecule has 0 bridgehead atoms. The Bertz CT molecular complexity index is 432. The number of nitrogens with one attached hydrogen (secondary N) is 1. The molecule has 1 unspecified atom stereocenters. The highest BCUT2D eigenvalue weighted by molar-refractivity contribution is 8.00. The molecule has 2 saturated heterocycles. The van der Waals surface area contributed by atoms with Gasteiger partial charge in [0, 0.05) is 24.9 Å². The Kier molecular flexibility index (Phi) is 4.28. The van der Waals surface area contributed by atoms with Crippen molar-refractivity contribution in [3.8, 4) is 0 Å². The van der Waals surface area contributed by atoms with Crippen LogP contribution in [-0.4, -0.2) is 45.6 Å². The molecule has 0 aliphatic carbocycles. The Hall–Kier alpha value is -0.750. The van der Waals surface area contributed by atoms with Gasteiger partial charge in [-0.15, -0.1) is 0 Å². The molecular formula is C12H18ClN5S. The minimum atomic E-state index is 0.276. The Labute approximate surface area is 122 Å². The lowest BCUT2D eigenvalue weighted by Gasteiger charge is -2.16. The van der Waals surface area contributed by atoms with Crippen molar-refractivity contribution >= 4 is 35.3 Å². The molecule has 0 saturated carbocycles. The van der Waals surface area contributed by atoms with E-state index in [1.165, 1.54) is 31.4 Å². The number of hydrogen-bond donors (Lipinski definition) is 1. The van der Waals surface area contributed by atoms with Crippen LogP contribution in [-0.2, 0) is 0 Å². The first-order chi connectivity index (χ1) is 9.31. The summed E-state index contributed by atoms with van der Waals surface area (Å²) in [4.78, 5) is 15.0. The van der Waals surface area contributed by atoms with E-state index in [1.54, 1.807) is 0 Å². The monoisotopic (exact) mass is 299 g/mol. The van der Waals surface area contributed by atoms with Gasteiger partial charge < -0.3 is 10.2 Å². The van der Waals surface area contributed by atoms with Crippen molar-refractivity contribution in [2.75, 3.05) is 35.6 Å². The summed E-state index contributed by atoms with van der Waals surface area (Å²) in [5, 5.41) is 4.25. The van der Waals surface area contributed by atoms with E-state index >= 15 is 0 Å². The molecule has 1 aromatic heterocycles. The molecule has 104 valence electrons. The molecule has 0 radical (unpaired) electrons. The van der Waals surface area contributed by atoms with Gasteiger partial charge in [-0.3, -0.25) is 0 Å². The molecule has 0 amide bonds. The Balaban J connectivity index is 1.66. The largest absolute Gasteiger partial charge is 0.353 e. The van der Waals surface area contributed by atoms with Gasteiger partial charge in [-0.05, 0) is 43.0 Å². The number of halogens is 1. The van der Waals surface area contributed by atoms with Crippen LogP contribution in [0.5, 0.6) is 0 Å². The topological polar surface area (TPSA) is 53.9 Å². The van der Waals surface area contributed by atoms with Crippen LogP contribution in [0.25, 0.3) is 0 Å². The molecule has 0 aromatic carbocycles. The zero-order valence-electron chi connectivity index (χ0n) is 10.8. The van der Waals surface area contributed by atoms with Gasteiger partial charge in [0.2, 0.25) is 17.2 Å². The number of rotatable bonds is 4. The summed E-state index contributed by atoms with van der Waals surface area (Å²) in [7, 11) is 0. The summed E-state index contributed by atoms with van der Waals surface area (Å²) in [5.41, 5.74) is 0. The van der Waals surface area contributed by atoms with Crippen molar-refractivity contribution in [2.45, 2.75) is 30.9 Å². The Morgan fingerprint density at radius 2 is 2.05 bits per heavy atom. The molecule has 1 atom stereocenters. The number of nitrogens with zero attached hydrogens (tertiary/aromatic N) is 4. The van der Waals surface area contributed by atoms with Crippen molar-refractivity contribution in [1.29, 1.82) is 0 Å². The zero-order valence-corrected chi connectivity index (χ0v) is 12.4. The lowest BCUT2D eigenvalue weighted by atomic mass is 10.2. The minimum Gasteiger partial charge on any atom is -0.353 e. The van der Waals surface area contributed by atoms with Crippen LogP contribution >= 0.6 is 23.4 Å². The summed E-state index contributed by atoms with van der Waals surface area (Å²) in [6.07, 6.45) is 4.99. The van der Waals surface area contributed by atoms with Gasteiger partial charge in [0.05, 0.1) is 0 Å². The normalized spacial score (nSPS) is 23.0. The highest BCUT2D eigenvalue weighted by Crippen LogP contribution is 2.26. The fraction of sp³-hybridized carbons (Fsp3) is 0.750. The first-order valence-corrected chi connectivity index (χ1v) is 8.26. The molecule has 2 fully saturated rings. The number of aromatic nitrogens is 3. The maximum atomic E-state index is 5.99. The van der Waals surface area contributed by atoms with Crippen LogP contribution in [0, 0.1) is 0 Å². The molecule has 2 aliphatic rings. The molecular weight excluding hydrogens is 282 g/mol. The quantitative estimate of drug-likeness (QED) is 0.921. The first kappa shape index (κ1) is 13.2. The molecule has 1 aromatic rings. The van der Waals surface area contributed by atoms with Gasteiger partial charge in [0.15, 0.2) is 0 Å². The summed E-state index contributed by atoms with van der Waals surface area (Å²) in [5.74, 6) is 2.58. The predicted octanol–water partition coefficient (Wildman–Crippen LogP) is 2.43. The second-order valence-corrected chi connectivity index (χ2v) is 6.68. The summed E-state index contributed by atoms with van der Waals surface area (Å²) >= 11 is 8.01. The van der Waals surface area contributed by atoms with E-state index in [0.717, 1.165) is 19.6 Å². The van der Waals surface area contributed by atoms with Crippen LogP contribution < -0.4 is 10.2 Å². The summed E-state index contributed by atoms with van der Waals surface area (Å²) < 4.78 is 0. The smallest absolute Gasteiger partial charge is 0.231 e. The van der Waals surface area contributed by atoms with E-state index in [1.807, 2.05) is 11.8 Å². The zero-order chi connectivity index (χ0) is 13.1. The average Bonchev–Trinajstić information content (AvgIpc) is 3.09. The molecule has 1 N–H and O–H groups in total. The molecule has 7 heteroatoms. The second-order valence-electron chi connectivity index (χ2n) is 4.94. The highest BCUT2D eigenvalue weighted by atomic mass is 35.5. The second kappa shape index (κ2) is 6.13. The third-order valence-corrected chi connectivity index (χ3v) is 5.06. The van der Waals surface area contributed by atoms with Crippen molar-refractivity contribution in [3.63, 3.8) is 0 Å². The molecule has 5 nitrogen and oxygen atoms in total. The van der Waals surface area contributed by atoms with Gasteiger partial charge in [0.25, 0.3) is 0 Å². The van der Waals surface area contributed by atoms with E-state index in [-0.39, 0.29) is 5.28 Å². The molecule has 3 rings (SSSR count). The number of hydrogen-bond acceptors (Lipinski definition) is 6. The summed E-state index contributed by atoms with van der Waals surface area (Å²) in [6, 6.07) is 0. The molecule has 2 aliphatic heterocycles. The fourth-order valence-corrected chi connectivity index (χ4v) is 3.84. The van der Waals surface area contributed by atoms with Crippen molar-refractivity contribution in [1.82, 2.24) is 15.0 Å². The number of anilines is 2. The van der Waals surface area contributed by atoms with Gasteiger partial charge >= 0.3 is 0 Å². The third-order valence-electron chi connectivity index (χ3n) is 3.50. The summed E-state index contributed by atoms with van der Waals surface area (Å²) in [6.45, 7) is 2.93. The van der Waals surface area contributed by atoms with Crippen molar-refractivity contribution in [2.24, 2.45) is 0 Å². The Morgan fingerprint density at radius 3 is 2.79 bits per heavy atom. The fourth-order valence-electron chi connectivity index (χ4n) is 2.49. The van der Waals surface area contributed by atoms with Crippen molar-refractivity contribution < 1.29 is 0 Å². The van der Waals surface area contributed by atoms with Gasteiger partial charge in [-0.2, -0.15) is 26.7 Å². The minimum absolute atomic E-state index is 0.276. The van der Waals surface area contributed by atoms with Crippen molar-refractivity contribution in [3.05, 3.63) is 5.28 Å². The first-order valence-electron chi connectivity index (χ1n) is 6.83.